The first kappa shape index (κ1) is 15.0. The predicted molar refractivity (Wildman–Crippen MR) is 65.6 cm³/mol. The summed E-state index contributed by atoms with van der Waals surface area (Å²) < 4.78 is 5.81. The van der Waals surface area contributed by atoms with Crippen molar-refractivity contribution in [2.75, 3.05) is 6.61 Å². The van der Waals surface area contributed by atoms with E-state index >= 15 is 0 Å². The van der Waals surface area contributed by atoms with Gasteiger partial charge in [0.1, 0.15) is 0 Å². The molecule has 0 saturated carbocycles. The summed E-state index contributed by atoms with van der Waals surface area (Å²) in [7, 11) is 0. The number of nitrogens with zero attached hydrogens (tertiary/aromatic N) is 1. The first-order valence-electron chi connectivity index (χ1n) is 5.57. The van der Waals surface area contributed by atoms with Gasteiger partial charge < -0.3 is 26.7 Å². The average molecular weight is 304 g/mol. The quantitative estimate of drug-likeness (QED) is 0.673. The van der Waals surface area contributed by atoms with E-state index in [1.165, 1.54) is 23.8 Å². The second-order valence-corrected chi connectivity index (χ2v) is 4.08. The Morgan fingerprint density at radius 2 is 2.06 bits per heavy atom. The molecule has 1 aliphatic rings. The van der Waals surface area contributed by atoms with Crippen molar-refractivity contribution in [2.45, 2.75) is 25.4 Å². The minimum Gasteiger partial charge on any atom is -1.00 e. The third-order valence-corrected chi connectivity index (χ3v) is 3.10. The molecule has 0 radical (unpaired) electrons. The van der Waals surface area contributed by atoms with Crippen LogP contribution in [0.5, 0.6) is 0 Å². The molecule has 1 saturated heterocycles. The van der Waals surface area contributed by atoms with E-state index in [2.05, 4.69) is 29.2 Å². The summed E-state index contributed by atoms with van der Waals surface area (Å²) in [6, 6.07) is 8.38. The Labute approximate surface area is 128 Å². The van der Waals surface area contributed by atoms with E-state index < -0.39 is 0 Å². The monoisotopic (exact) mass is 303 g/mol. The van der Waals surface area contributed by atoms with E-state index in [1.807, 2.05) is 6.20 Å². The van der Waals surface area contributed by atoms with Gasteiger partial charge in [0.2, 0.25) is 0 Å². The SMILES string of the molecule is [Br-].[Mg+2].c1cc(C2CCCCO2)c2cc[n-]c2c1. The smallest absolute Gasteiger partial charge is 1.00 e. The molecule has 1 fully saturated rings. The first-order valence-corrected chi connectivity index (χ1v) is 5.57. The number of ether oxygens (including phenoxy) is 1. The van der Waals surface area contributed by atoms with Gasteiger partial charge >= 0.3 is 23.1 Å². The zero-order valence-electron chi connectivity index (χ0n) is 9.73. The topological polar surface area (TPSA) is 23.3 Å². The van der Waals surface area contributed by atoms with Gasteiger partial charge in [0.25, 0.3) is 0 Å². The van der Waals surface area contributed by atoms with Gasteiger partial charge in [0.05, 0.1) is 6.10 Å². The number of benzene rings is 1. The second kappa shape index (κ2) is 6.78. The zero-order valence-corrected chi connectivity index (χ0v) is 12.7. The summed E-state index contributed by atoms with van der Waals surface area (Å²) in [5, 5.41) is 1.25. The fourth-order valence-corrected chi connectivity index (χ4v) is 2.32. The van der Waals surface area contributed by atoms with Crippen LogP contribution in [0.15, 0.2) is 30.5 Å². The Kier molecular flexibility index (Phi) is 5.99. The fraction of sp³-hybridized carbons (Fsp3) is 0.385. The Morgan fingerprint density at radius 3 is 2.82 bits per heavy atom. The molecule has 0 bridgehead atoms. The molecule has 2 nitrogen and oxygen atoms in total. The summed E-state index contributed by atoms with van der Waals surface area (Å²) in [6.07, 6.45) is 5.77. The Balaban J connectivity index is 0.000000722. The van der Waals surface area contributed by atoms with Crippen molar-refractivity contribution >= 4 is 34.0 Å². The van der Waals surface area contributed by atoms with Gasteiger partial charge in [0, 0.05) is 6.61 Å². The molecule has 1 unspecified atom stereocenters. The van der Waals surface area contributed by atoms with Gasteiger partial charge in [-0.15, -0.1) is 5.52 Å². The predicted octanol–water partition coefficient (Wildman–Crippen LogP) is -0.338. The van der Waals surface area contributed by atoms with Crippen LogP contribution < -0.4 is 22.0 Å². The molecule has 0 spiro atoms. The molecule has 17 heavy (non-hydrogen) atoms. The molecule has 0 N–H and O–H groups in total. The van der Waals surface area contributed by atoms with Crippen LogP contribution >= 0.6 is 0 Å². The minimum absolute atomic E-state index is 0. The third kappa shape index (κ3) is 3.05. The van der Waals surface area contributed by atoms with Gasteiger partial charge in [0.15, 0.2) is 0 Å². The molecule has 1 atom stereocenters. The van der Waals surface area contributed by atoms with E-state index in [1.54, 1.807) is 0 Å². The maximum Gasteiger partial charge on any atom is 2.00 e. The van der Waals surface area contributed by atoms with Gasteiger partial charge in [-0.05, 0) is 30.2 Å². The number of rotatable bonds is 1. The summed E-state index contributed by atoms with van der Waals surface area (Å²) in [4.78, 5) is 4.32. The molecule has 2 aromatic rings. The van der Waals surface area contributed by atoms with Crippen molar-refractivity contribution in [3.63, 3.8) is 0 Å². The Hall–Kier alpha value is -0.0338. The molecule has 1 aromatic heterocycles. The van der Waals surface area contributed by atoms with E-state index in [-0.39, 0.29) is 46.1 Å². The number of hydrogen-bond donors (Lipinski definition) is 0. The van der Waals surface area contributed by atoms with Crippen LogP contribution in [0, 0.1) is 0 Å². The van der Waals surface area contributed by atoms with Crippen molar-refractivity contribution in [3.8, 4) is 0 Å². The normalized spacial score (nSPS) is 19.4. The average Bonchev–Trinajstić information content (AvgIpc) is 2.78. The molecule has 86 valence electrons. The van der Waals surface area contributed by atoms with Crippen LogP contribution in [0.25, 0.3) is 10.9 Å². The van der Waals surface area contributed by atoms with Crippen LogP contribution in [0.4, 0.5) is 0 Å². The van der Waals surface area contributed by atoms with Crippen LogP contribution in [0.3, 0.4) is 0 Å². The molecular weight excluding hydrogens is 290 g/mol. The molecule has 1 aromatic carbocycles. The van der Waals surface area contributed by atoms with Crippen LogP contribution in [-0.4, -0.2) is 29.7 Å². The van der Waals surface area contributed by atoms with Crippen molar-refractivity contribution in [3.05, 3.63) is 36.0 Å². The third-order valence-electron chi connectivity index (χ3n) is 3.10. The summed E-state index contributed by atoms with van der Waals surface area (Å²) in [5.74, 6) is 0. The van der Waals surface area contributed by atoms with Crippen molar-refractivity contribution in [1.82, 2.24) is 4.98 Å². The van der Waals surface area contributed by atoms with E-state index in [0.717, 1.165) is 18.5 Å². The molecule has 1 aliphatic heterocycles. The van der Waals surface area contributed by atoms with E-state index in [0.29, 0.717) is 0 Å². The molecular formula is C13H14BrMgNO. The molecule has 3 rings (SSSR count). The van der Waals surface area contributed by atoms with E-state index in [4.69, 9.17) is 4.74 Å². The van der Waals surface area contributed by atoms with Crippen molar-refractivity contribution in [1.29, 1.82) is 0 Å². The van der Waals surface area contributed by atoms with Crippen molar-refractivity contribution in [2.24, 2.45) is 0 Å². The minimum atomic E-state index is 0. The maximum atomic E-state index is 5.81. The zero-order chi connectivity index (χ0) is 10.1. The van der Waals surface area contributed by atoms with Crippen molar-refractivity contribution < 1.29 is 21.7 Å². The fourth-order valence-electron chi connectivity index (χ4n) is 2.32. The molecule has 0 amide bonds. The first-order chi connectivity index (χ1) is 7.45. The summed E-state index contributed by atoms with van der Waals surface area (Å²) in [5.41, 5.74) is 2.39. The van der Waals surface area contributed by atoms with Crippen LogP contribution in [0.1, 0.15) is 30.9 Å². The van der Waals surface area contributed by atoms with Gasteiger partial charge in [-0.3, -0.25) is 0 Å². The molecule has 4 heteroatoms. The Morgan fingerprint density at radius 1 is 1.18 bits per heavy atom. The van der Waals surface area contributed by atoms with Gasteiger partial charge in [-0.25, -0.2) is 0 Å². The number of hydrogen-bond acceptors (Lipinski definition) is 1. The second-order valence-electron chi connectivity index (χ2n) is 4.08. The van der Waals surface area contributed by atoms with Crippen LogP contribution in [0.2, 0.25) is 0 Å². The molecule has 2 heterocycles. The van der Waals surface area contributed by atoms with Gasteiger partial charge in [-0.2, -0.15) is 6.20 Å². The van der Waals surface area contributed by atoms with E-state index in [9.17, 15) is 0 Å². The number of aromatic nitrogens is 1. The summed E-state index contributed by atoms with van der Waals surface area (Å²) in [6.45, 7) is 0.898. The van der Waals surface area contributed by atoms with Gasteiger partial charge in [-0.1, -0.05) is 24.3 Å². The largest absolute Gasteiger partial charge is 2.00 e. The number of fused-ring (bicyclic) bond motifs is 1. The Bertz CT molecular complexity index is 465. The standard InChI is InChI=1S/C13H14NO.BrH.Mg/c1-2-9-15-13(6-1)11-4-3-5-12-10(11)7-8-14-12;;/h3-5,7-8,13H,1-2,6,9H2;1H;/q-1;;+2/p-1. The summed E-state index contributed by atoms with van der Waals surface area (Å²) >= 11 is 0. The number of halogens is 1. The van der Waals surface area contributed by atoms with Crippen LogP contribution in [-0.2, 0) is 4.74 Å². The maximum absolute atomic E-state index is 5.81. The molecule has 0 aliphatic carbocycles.